The quantitative estimate of drug-likeness (QED) is 0.260. The number of anilines is 2. The van der Waals surface area contributed by atoms with E-state index in [4.69, 9.17) is 9.47 Å². The summed E-state index contributed by atoms with van der Waals surface area (Å²) in [5.74, 6) is -1.52. The standard InChI is InChI=1S/C31H26BrN3O6S2/c1-16-4-9-19(10-5-16)33-23(36)15-34-30-27(43-31(34)39)24(17-6-13-21(40-2)22(14-17)41-3)25-26(42-30)29(38)35(28(25)37)20-11-7-18(32)8-12-20/h4-14,24-26H,15H2,1-3H3,(H,33,36)/t24-,25-,26+/m0/s1. The minimum absolute atomic E-state index is 0.236. The van der Waals surface area contributed by atoms with E-state index in [9.17, 15) is 19.2 Å². The smallest absolute Gasteiger partial charge is 0.308 e. The second kappa shape index (κ2) is 11.7. The van der Waals surface area contributed by atoms with Crippen LogP contribution in [-0.2, 0) is 20.9 Å². The predicted octanol–water partition coefficient (Wildman–Crippen LogP) is 5.43. The third-order valence-electron chi connectivity index (χ3n) is 7.54. The van der Waals surface area contributed by atoms with Crippen molar-refractivity contribution >= 4 is 68.1 Å². The molecule has 0 saturated carbocycles. The first kappa shape index (κ1) is 29.2. The Balaban J connectivity index is 1.43. The lowest BCUT2D eigenvalue weighted by Gasteiger charge is -2.31. The van der Waals surface area contributed by atoms with Crippen LogP contribution in [0.4, 0.5) is 11.4 Å². The molecule has 1 fully saturated rings. The van der Waals surface area contributed by atoms with Crippen LogP contribution in [0.25, 0.3) is 0 Å². The van der Waals surface area contributed by atoms with Crippen molar-refractivity contribution in [3.05, 3.63) is 96.9 Å². The van der Waals surface area contributed by atoms with Crippen molar-refractivity contribution in [3.63, 3.8) is 0 Å². The van der Waals surface area contributed by atoms with E-state index in [2.05, 4.69) is 21.2 Å². The summed E-state index contributed by atoms with van der Waals surface area (Å²) in [6.45, 7) is 1.72. The maximum absolute atomic E-state index is 14.1. The summed E-state index contributed by atoms with van der Waals surface area (Å²) in [6.07, 6.45) is 0. The van der Waals surface area contributed by atoms with Gasteiger partial charge in [0.2, 0.25) is 17.7 Å². The van der Waals surface area contributed by atoms with Gasteiger partial charge in [0.15, 0.2) is 11.5 Å². The van der Waals surface area contributed by atoms with E-state index < -0.39 is 17.1 Å². The molecule has 1 aromatic heterocycles. The number of hydrogen-bond donors (Lipinski definition) is 1. The lowest BCUT2D eigenvalue weighted by molar-refractivity contribution is -0.122. The zero-order chi connectivity index (χ0) is 30.4. The van der Waals surface area contributed by atoms with Crippen LogP contribution >= 0.6 is 39.0 Å². The van der Waals surface area contributed by atoms with Crippen LogP contribution in [0.5, 0.6) is 11.5 Å². The molecule has 6 rings (SSSR count). The minimum Gasteiger partial charge on any atom is -0.493 e. The zero-order valence-corrected chi connectivity index (χ0v) is 26.5. The predicted molar refractivity (Wildman–Crippen MR) is 170 cm³/mol. The molecule has 0 bridgehead atoms. The van der Waals surface area contributed by atoms with Gasteiger partial charge in [-0.25, -0.2) is 4.90 Å². The number of nitrogens with one attached hydrogen (secondary N) is 1. The molecule has 9 nitrogen and oxygen atoms in total. The third kappa shape index (κ3) is 5.28. The van der Waals surface area contributed by atoms with Gasteiger partial charge in [-0.3, -0.25) is 23.7 Å². The SMILES string of the molecule is COc1ccc([C@@H]2c3sc(=O)n(CC(=O)Nc4ccc(C)cc4)c3S[C@H]3C(=O)N(c4ccc(Br)cc4)C(=O)[C@@H]23)cc1OC. The molecule has 0 radical (unpaired) electrons. The molecule has 220 valence electrons. The monoisotopic (exact) mass is 679 g/mol. The Labute approximate surface area is 263 Å². The van der Waals surface area contributed by atoms with E-state index in [0.29, 0.717) is 38.3 Å². The second-order valence-corrected chi connectivity index (χ2v) is 13.2. The summed E-state index contributed by atoms with van der Waals surface area (Å²) in [5.41, 5.74) is 2.84. The lowest BCUT2D eigenvalue weighted by atomic mass is 9.83. The van der Waals surface area contributed by atoms with E-state index >= 15 is 0 Å². The molecular weight excluding hydrogens is 654 g/mol. The summed E-state index contributed by atoms with van der Waals surface area (Å²) >= 11 is 5.57. The number of nitrogens with zero attached hydrogens (tertiary/aromatic N) is 2. The van der Waals surface area contributed by atoms with E-state index in [-0.39, 0.29) is 29.1 Å². The fourth-order valence-electron chi connectivity index (χ4n) is 5.49. The number of thioether (sulfide) groups is 1. The van der Waals surface area contributed by atoms with E-state index in [0.717, 1.165) is 21.4 Å². The fraction of sp³-hybridized carbons (Fsp3) is 0.226. The number of ether oxygens (including phenoxy) is 2. The molecule has 3 heterocycles. The van der Waals surface area contributed by atoms with Crippen molar-refractivity contribution < 1.29 is 23.9 Å². The summed E-state index contributed by atoms with van der Waals surface area (Å²) in [4.78, 5) is 56.0. The Morgan fingerprint density at radius 1 is 0.930 bits per heavy atom. The number of methoxy groups -OCH3 is 2. The highest BCUT2D eigenvalue weighted by Gasteiger charge is 2.57. The molecule has 4 aromatic rings. The van der Waals surface area contributed by atoms with Crippen LogP contribution in [0.2, 0.25) is 0 Å². The van der Waals surface area contributed by atoms with Gasteiger partial charge in [-0.15, -0.1) is 0 Å². The van der Waals surface area contributed by atoms with Gasteiger partial charge in [-0.05, 0) is 61.0 Å². The van der Waals surface area contributed by atoms with Gasteiger partial charge in [0.1, 0.15) is 11.8 Å². The maximum Gasteiger partial charge on any atom is 0.308 e. The first-order valence-corrected chi connectivity index (χ1v) is 15.8. The number of aromatic nitrogens is 1. The molecule has 3 amide bonds. The van der Waals surface area contributed by atoms with Gasteiger partial charge < -0.3 is 14.8 Å². The van der Waals surface area contributed by atoms with Crippen molar-refractivity contribution in [2.75, 3.05) is 24.4 Å². The molecule has 43 heavy (non-hydrogen) atoms. The summed E-state index contributed by atoms with van der Waals surface area (Å²) in [6, 6.07) is 19.7. The minimum atomic E-state index is -0.804. The van der Waals surface area contributed by atoms with Crippen LogP contribution in [0.1, 0.15) is 21.9 Å². The molecule has 1 N–H and O–H groups in total. The van der Waals surface area contributed by atoms with E-state index in [1.54, 1.807) is 48.5 Å². The fourth-order valence-corrected chi connectivity index (χ4v) is 8.52. The van der Waals surface area contributed by atoms with Crippen LogP contribution in [0, 0.1) is 12.8 Å². The van der Waals surface area contributed by atoms with Crippen LogP contribution < -0.4 is 24.6 Å². The Bertz CT molecular complexity index is 1800. The largest absolute Gasteiger partial charge is 0.493 e. The van der Waals surface area contributed by atoms with Gasteiger partial charge in [-0.2, -0.15) is 0 Å². The van der Waals surface area contributed by atoms with Crippen LogP contribution in [-0.4, -0.2) is 41.8 Å². The Morgan fingerprint density at radius 3 is 2.30 bits per heavy atom. The third-order valence-corrected chi connectivity index (χ3v) is 10.7. The van der Waals surface area contributed by atoms with Crippen molar-refractivity contribution in [3.8, 4) is 11.5 Å². The molecule has 12 heteroatoms. The molecular formula is C31H26BrN3O6S2. The summed E-state index contributed by atoms with van der Waals surface area (Å²) in [7, 11) is 3.05. The van der Waals surface area contributed by atoms with Gasteiger partial charge in [0, 0.05) is 21.0 Å². The van der Waals surface area contributed by atoms with Crippen molar-refractivity contribution in [1.82, 2.24) is 4.57 Å². The second-order valence-electron chi connectivity index (χ2n) is 10.2. The number of aryl methyl sites for hydroxylation is 1. The van der Waals surface area contributed by atoms with Crippen LogP contribution in [0.15, 0.2) is 81.0 Å². The van der Waals surface area contributed by atoms with Gasteiger partial charge in [0.25, 0.3) is 0 Å². The van der Waals surface area contributed by atoms with Crippen molar-refractivity contribution in [2.45, 2.75) is 29.7 Å². The summed E-state index contributed by atoms with van der Waals surface area (Å²) < 4.78 is 13.2. The lowest BCUT2D eigenvalue weighted by Crippen LogP contribution is -2.33. The first-order chi connectivity index (χ1) is 20.7. The van der Waals surface area contributed by atoms with Crippen molar-refractivity contribution in [2.24, 2.45) is 5.92 Å². The van der Waals surface area contributed by atoms with Gasteiger partial charge in [-0.1, -0.05) is 62.8 Å². The highest BCUT2D eigenvalue weighted by Crippen LogP contribution is 2.54. The number of imide groups is 1. The number of hydrogen-bond acceptors (Lipinski definition) is 8. The van der Waals surface area contributed by atoms with E-state index in [1.165, 1.54) is 35.4 Å². The number of fused-ring (bicyclic) bond motifs is 2. The number of rotatable bonds is 7. The highest BCUT2D eigenvalue weighted by atomic mass is 79.9. The Hall–Kier alpha value is -3.87. The van der Waals surface area contributed by atoms with Crippen molar-refractivity contribution in [1.29, 1.82) is 0 Å². The number of thiazole rings is 1. The normalized spacial score (nSPS) is 19.2. The molecule has 0 aliphatic carbocycles. The van der Waals surface area contributed by atoms with Gasteiger partial charge in [0.05, 0.1) is 30.9 Å². The number of amides is 3. The summed E-state index contributed by atoms with van der Waals surface area (Å²) in [5, 5.41) is 2.55. The van der Waals surface area contributed by atoms with Crippen LogP contribution in [0.3, 0.4) is 0 Å². The Kier molecular flexibility index (Phi) is 7.92. The molecule has 3 atom stereocenters. The van der Waals surface area contributed by atoms with E-state index in [1.807, 2.05) is 25.1 Å². The van der Waals surface area contributed by atoms with Gasteiger partial charge >= 0.3 is 4.87 Å². The molecule has 0 spiro atoms. The number of carbonyl (C=O) groups is 3. The molecule has 0 unspecified atom stereocenters. The molecule has 1 saturated heterocycles. The highest BCUT2D eigenvalue weighted by molar-refractivity contribution is 9.10. The average Bonchev–Trinajstić information content (AvgIpc) is 3.44. The zero-order valence-electron chi connectivity index (χ0n) is 23.3. The molecule has 3 aromatic carbocycles. The maximum atomic E-state index is 14.1. The molecule has 2 aliphatic heterocycles. The molecule has 2 aliphatic rings. The number of halogens is 1. The number of carbonyl (C=O) groups excluding carboxylic acids is 3. The Morgan fingerprint density at radius 2 is 1.63 bits per heavy atom. The first-order valence-electron chi connectivity index (χ1n) is 13.3. The average molecular weight is 681 g/mol. The topological polar surface area (TPSA) is 107 Å². The number of benzene rings is 3.